The highest BCUT2D eigenvalue weighted by Crippen LogP contribution is 2.26. The largest absolute Gasteiger partial charge is 0.509 e. The molecule has 2 rings (SSSR count). The van der Waals surface area contributed by atoms with E-state index in [2.05, 4.69) is 0 Å². The van der Waals surface area contributed by atoms with E-state index in [-0.39, 0.29) is 13.2 Å². The quantitative estimate of drug-likeness (QED) is 0.673. The number of esters is 1. The molecule has 7 nitrogen and oxygen atoms in total. The predicted octanol–water partition coefficient (Wildman–Crippen LogP) is 1.93. The molecule has 7 heteroatoms. The summed E-state index contributed by atoms with van der Waals surface area (Å²) in [7, 11) is 0. The molecule has 0 saturated carbocycles. The van der Waals surface area contributed by atoms with E-state index < -0.39 is 35.3 Å². The van der Waals surface area contributed by atoms with E-state index in [9.17, 15) is 19.5 Å². The number of hydrogen-bond acceptors (Lipinski definition) is 6. The number of nitrogens with zero attached hydrogens (tertiary/aromatic N) is 1. The zero-order valence-electron chi connectivity index (χ0n) is 12.8. The first-order valence-electron chi connectivity index (χ1n) is 7.11. The van der Waals surface area contributed by atoms with Crippen molar-refractivity contribution in [2.75, 3.05) is 6.61 Å². The molecule has 0 aliphatic carbocycles. The van der Waals surface area contributed by atoms with Gasteiger partial charge in [-0.25, -0.2) is 14.5 Å². The second-order valence-electron chi connectivity index (χ2n) is 4.87. The van der Waals surface area contributed by atoms with Crippen molar-refractivity contribution < 1.29 is 29.0 Å². The highest BCUT2D eigenvalue weighted by Gasteiger charge is 2.45. The Balaban J connectivity index is 2.08. The topological polar surface area (TPSA) is 93.1 Å². The van der Waals surface area contributed by atoms with Crippen LogP contribution in [0.15, 0.2) is 41.7 Å². The Morgan fingerprint density at radius 2 is 1.87 bits per heavy atom. The molecule has 0 radical (unpaired) electrons. The van der Waals surface area contributed by atoms with Crippen LogP contribution in [0.1, 0.15) is 19.4 Å². The summed E-state index contributed by atoms with van der Waals surface area (Å²) < 4.78 is 9.78. The van der Waals surface area contributed by atoms with Crippen LogP contribution in [0.5, 0.6) is 0 Å². The van der Waals surface area contributed by atoms with Crippen LogP contribution in [0, 0.1) is 0 Å². The predicted molar refractivity (Wildman–Crippen MR) is 79.2 cm³/mol. The van der Waals surface area contributed by atoms with Gasteiger partial charge in [0.1, 0.15) is 12.4 Å². The van der Waals surface area contributed by atoms with Gasteiger partial charge in [0.25, 0.3) is 5.91 Å². The standard InChI is InChI=1S/C16H17NO6/c1-3-22-15(20)12-13(18)10(2)17(14(12)19)16(21)23-9-11-7-5-4-6-8-11/h4-8,10,18H,3,9H2,1-2H3/t10-/m0/s1. The average Bonchev–Trinajstić information content (AvgIpc) is 2.76. The molecule has 23 heavy (non-hydrogen) atoms. The smallest absolute Gasteiger partial charge is 0.417 e. The lowest BCUT2D eigenvalue weighted by Gasteiger charge is -2.19. The summed E-state index contributed by atoms with van der Waals surface area (Å²) in [4.78, 5) is 36.7. The molecule has 0 bridgehead atoms. The number of amides is 2. The van der Waals surface area contributed by atoms with E-state index in [1.807, 2.05) is 6.07 Å². The lowest BCUT2D eigenvalue weighted by molar-refractivity contribution is -0.141. The van der Waals surface area contributed by atoms with Gasteiger partial charge in [0.15, 0.2) is 5.57 Å². The summed E-state index contributed by atoms with van der Waals surface area (Å²) in [6.45, 7) is 3.02. The first kappa shape index (κ1) is 16.5. The third kappa shape index (κ3) is 3.33. The van der Waals surface area contributed by atoms with Gasteiger partial charge in [-0.1, -0.05) is 30.3 Å². The Labute approximate surface area is 133 Å². The van der Waals surface area contributed by atoms with Gasteiger partial charge in [0.2, 0.25) is 0 Å². The van der Waals surface area contributed by atoms with Gasteiger partial charge in [-0.2, -0.15) is 0 Å². The van der Waals surface area contributed by atoms with Crippen LogP contribution in [0.25, 0.3) is 0 Å². The molecule has 1 aromatic rings. The Kier molecular flexibility index (Phi) is 5.00. The third-order valence-electron chi connectivity index (χ3n) is 3.35. The van der Waals surface area contributed by atoms with Crippen LogP contribution in [0.3, 0.4) is 0 Å². The Morgan fingerprint density at radius 3 is 2.48 bits per heavy atom. The van der Waals surface area contributed by atoms with Crippen molar-refractivity contribution >= 4 is 18.0 Å². The van der Waals surface area contributed by atoms with E-state index in [1.54, 1.807) is 31.2 Å². The fraction of sp³-hybridized carbons (Fsp3) is 0.312. The molecule has 1 atom stereocenters. The number of carbonyl (C=O) groups excluding carboxylic acids is 3. The molecule has 1 N–H and O–H groups in total. The maximum absolute atomic E-state index is 12.2. The Morgan fingerprint density at radius 1 is 1.22 bits per heavy atom. The van der Waals surface area contributed by atoms with Gasteiger partial charge < -0.3 is 14.6 Å². The van der Waals surface area contributed by atoms with Crippen molar-refractivity contribution in [1.82, 2.24) is 4.90 Å². The maximum Gasteiger partial charge on any atom is 0.417 e. The molecular formula is C16H17NO6. The van der Waals surface area contributed by atoms with Crippen LogP contribution in [0.4, 0.5) is 4.79 Å². The normalized spacial score (nSPS) is 17.4. The summed E-state index contributed by atoms with van der Waals surface area (Å²) in [5, 5.41) is 9.94. The highest BCUT2D eigenvalue weighted by atomic mass is 16.6. The van der Waals surface area contributed by atoms with Gasteiger partial charge >= 0.3 is 12.1 Å². The third-order valence-corrected chi connectivity index (χ3v) is 3.35. The van der Waals surface area contributed by atoms with Crippen LogP contribution < -0.4 is 0 Å². The molecular weight excluding hydrogens is 302 g/mol. The maximum atomic E-state index is 12.2. The van der Waals surface area contributed by atoms with Crippen LogP contribution in [0.2, 0.25) is 0 Å². The molecule has 1 aromatic carbocycles. The molecule has 2 amide bonds. The van der Waals surface area contributed by atoms with E-state index in [4.69, 9.17) is 9.47 Å². The Bertz CT molecular complexity index is 652. The van der Waals surface area contributed by atoms with Crippen molar-refractivity contribution in [2.45, 2.75) is 26.5 Å². The molecule has 0 spiro atoms. The molecule has 0 fully saturated rings. The minimum Gasteiger partial charge on any atom is -0.509 e. The van der Waals surface area contributed by atoms with Crippen molar-refractivity contribution in [3.63, 3.8) is 0 Å². The van der Waals surface area contributed by atoms with Gasteiger partial charge in [-0.05, 0) is 19.4 Å². The van der Waals surface area contributed by atoms with Gasteiger partial charge in [0.05, 0.1) is 12.6 Å². The lowest BCUT2D eigenvalue weighted by atomic mass is 10.2. The summed E-state index contributed by atoms with van der Waals surface area (Å²) in [5.74, 6) is -2.38. The fourth-order valence-electron chi connectivity index (χ4n) is 2.16. The van der Waals surface area contributed by atoms with Crippen LogP contribution in [-0.2, 0) is 25.7 Å². The van der Waals surface area contributed by atoms with Crippen LogP contribution >= 0.6 is 0 Å². The number of carbonyl (C=O) groups is 3. The minimum absolute atomic E-state index is 0.0221. The molecule has 0 unspecified atom stereocenters. The number of benzene rings is 1. The summed E-state index contributed by atoms with van der Waals surface area (Å²) >= 11 is 0. The summed E-state index contributed by atoms with van der Waals surface area (Å²) in [5.41, 5.74) is 0.221. The molecule has 1 heterocycles. The first-order valence-corrected chi connectivity index (χ1v) is 7.11. The van der Waals surface area contributed by atoms with Crippen molar-refractivity contribution in [3.05, 3.63) is 47.2 Å². The van der Waals surface area contributed by atoms with Gasteiger partial charge in [-0.15, -0.1) is 0 Å². The van der Waals surface area contributed by atoms with Crippen molar-refractivity contribution in [3.8, 4) is 0 Å². The van der Waals surface area contributed by atoms with Gasteiger partial charge in [0, 0.05) is 0 Å². The minimum atomic E-state index is -0.981. The first-order chi connectivity index (χ1) is 11.0. The fourth-order valence-corrected chi connectivity index (χ4v) is 2.16. The molecule has 0 saturated heterocycles. The van der Waals surface area contributed by atoms with Crippen molar-refractivity contribution in [2.24, 2.45) is 0 Å². The zero-order valence-corrected chi connectivity index (χ0v) is 12.8. The summed E-state index contributed by atoms with van der Waals surface area (Å²) in [6.07, 6.45) is -0.933. The second-order valence-corrected chi connectivity index (χ2v) is 4.87. The second kappa shape index (κ2) is 6.95. The highest BCUT2D eigenvalue weighted by molar-refractivity contribution is 6.21. The lowest BCUT2D eigenvalue weighted by Crippen LogP contribution is -2.40. The summed E-state index contributed by atoms with van der Waals surface area (Å²) in [6, 6.07) is 7.96. The van der Waals surface area contributed by atoms with E-state index in [0.717, 1.165) is 5.56 Å². The average molecular weight is 319 g/mol. The number of aliphatic hydroxyl groups is 1. The molecule has 0 aromatic heterocycles. The molecule has 1 aliphatic heterocycles. The number of rotatable bonds is 4. The van der Waals surface area contributed by atoms with Gasteiger partial charge in [-0.3, -0.25) is 4.79 Å². The van der Waals surface area contributed by atoms with E-state index in [0.29, 0.717) is 4.90 Å². The Hall–Kier alpha value is -2.83. The van der Waals surface area contributed by atoms with E-state index >= 15 is 0 Å². The van der Waals surface area contributed by atoms with Crippen LogP contribution in [-0.4, -0.2) is 40.6 Å². The number of aliphatic hydroxyl groups excluding tert-OH is 1. The SMILES string of the molecule is CCOC(=O)C1=C(O)[C@H](C)N(C(=O)OCc2ccccc2)C1=O. The van der Waals surface area contributed by atoms with E-state index in [1.165, 1.54) is 6.92 Å². The number of ether oxygens (including phenoxy) is 2. The number of hydrogen-bond donors (Lipinski definition) is 1. The monoisotopic (exact) mass is 319 g/mol. The molecule has 122 valence electrons. The van der Waals surface area contributed by atoms with Crippen molar-refractivity contribution in [1.29, 1.82) is 0 Å². The number of imide groups is 1. The molecule has 1 aliphatic rings. The zero-order chi connectivity index (χ0) is 17.0.